The van der Waals surface area contributed by atoms with Gasteiger partial charge in [0.1, 0.15) is 5.75 Å². The van der Waals surface area contributed by atoms with Gasteiger partial charge in [-0.15, -0.1) is 0 Å². The molecule has 27 heavy (non-hydrogen) atoms. The number of carbonyl (C=O) groups excluding carboxylic acids is 2. The maximum Gasteiger partial charge on any atom is 0.262 e. The SMILES string of the molecule is NC(=O)C1CN(CC(=O)N2CCC(c3ccccc3)=N2)c2ccccc2O1. The molecule has 0 bridgehead atoms. The largest absolute Gasteiger partial charge is 0.477 e. The first-order valence-corrected chi connectivity index (χ1v) is 8.85. The lowest BCUT2D eigenvalue weighted by Crippen LogP contribution is -2.49. The third-order valence-corrected chi connectivity index (χ3v) is 4.70. The molecular weight excluding hydrogens is 344 g/mol. The van der Waals surface area contributed by atoms with Crippen LogP contribution >= 0.6 is 0 Å². The number of hydrogen-bond acceptors (Lipinski definition) is 5. The Morgan fingerprint density at radius 3 is 2.63 bits per heavy atom. The minimum absolute atomic E-state index is 0.107. The fraction of sp³-hybridized carbons (Fsp3) is 0.250. The van der Waals surface area contributed by atoms with Gasteiger partial charge in [-0.05, 0) is 17.7 Å². The summed E-state index contributed by atoms with van der Waals surface area (Å²) in [5.41, 5.74) is 8.12. The quantitative estimate of drug-likeness (QED) is 0.888. The Bertz CT molecular complexity index is 897. The first-order chi connectivity index (χ1) is 13.1. The number of hydrazone groups is 1. The Morgan fingerprint density at radius 1 is 1.11 bits per heavy atom. The zero-order valence-corrected chi connectivity index (χ0v) is 14.7. The van der Waals surface area contributed by atoms with Gasteiger partial charge in [-0.2, -0.15) is 5.10 Å². The van der Waals surface area contributed by atoms with Crippen LogP contribution in [-0.4, -0.2) is 48.3 Å². The van der Waals surface area contributed by atoms with Crippen molar-refractivity contribution in [2.75, 3.05) is 24.5 Å². The van der Waals surface area contributed by atoms with E-state index in [1.807, 2.05) is 53.4 Å². The van der Waals surface area contributed by atoms with E-state index in [-0.39, 0.29) is 19.0 Å². The number of para-hydroxylation sites is 2. The van der Waals surface area contributed by atoms with Crippen LogP contribution in [0.5, 0.6) is 5.75 Å². The van der Waals surface area contributed by atoms with Crippen LogP contribution in [0, 0.1) is 0 Å². The fourth-order valence-corrected chi connectivity index (χ4v) is 3.32. The molecule has 0 spiro atoms. The first kappa shape index (κ1) is 17.1. The minimum atomic E-state index is -0.783. The smallest absolute Gasteiger partial charge is 0.262 e. The summed E-state index contributed by atoms with van der Waals surface area (Å²) in [5.74, 6) is -0.122. The third kappa shape index (κ3) is 3.48. The predicted molar refractivity (Wildman–Crippen MR) is 102 cm³/mol. The molecule has 2 aliphatic heterocycles. The van der Waals surface area contributed by atoms with E-state index in [0.717, 1.165) is 23.4 Å². The van der Waals surface area contributed by atoms with Crippen LogP contribution in [-0.2, 0) is 9.59 Å². The van der Waals surface area contributed by atoms with E-state index in [1.54, 1.807) is 6.07 Å². The van der Waals surface area contributed by atoms with Crippen molar-refractivity contribution in [2.24, 2.45) is 10.8 Å². The summed E-state index contributed by atoms with van der Waals surface area (Å²) in [4.78, 5) is 26.2. The zero-order chi connectivity index (χ0) is 18.8. The number of fused-ring (bicyclic) bond motifs is 1. The monoisotopic (exact) mass is 364 g/mol. The lowest BCUT2D eigenvalue weighted by atomic mass is 10.1. The highest BCUT2D eigenvalue weighted by Crippen LogP contribution is 2.33. The van der Waals surface area contributed by atoms with Crippen LogP contribution < -0.4 is 15.4 Å². The Labute approximate surface area is 157 Å². The number of amides is 2. The van der Waals surface area contributed by atoms with Gasteiger partial charge in [0.2, 0.25) is 0 Å². The van der Waals surface area contributed by atoms with E-state index in [0.29, 0.717) is 12.3 Å². The highest BCUT2D eigenvalue weighted by molar-refractivity contribution is 6.02. The van der Waals surface area contributed by atoms with Gasteiger partial charge in [0, 0.05) is 6.42 Å². The first-order valence-electron chi connectivity index (χ1n) is 8.85. The van der Waals surface area contributed by atoms with Crippen LogP contribution in [0.2, 0.25) is 0 Å². The second-order valence-corrected chi connectivity index (χ2v) is 6.54. The lowest BCUT2D eigenvalue weighted by Gasteiger charge is -2.34. The molecule has 2 heterocycles. The summed E-state index contributed by atoms with van der Waals surface area (Å²) in [5, 5.41) is 5.98. The minimum Gasteiger partial charge on any atom is -0.477 e. The van der Waals surface area contributed by atoms with E-state index in [2.05, 4.69) is 5.10 Å². The Kier molecular flexibility index (Phi) is 4.50. The van der Waals surface area contributed by atoms with Gasteiger partial charge < -0.3 is 15.4 Å². The van der Waals surface area contributed by atoms with Gasteiger partial charge >= 0.3 is 0 Å². The number of anilines is 1. The topological polar surface area (TPSA) is 88.2 Å². The van der Waals surface area contributed by atoms with E-state index >= 15 is 0 Å². The number of benzene rings is 2. The number of hydrogen-bond donors (Lipinski definition) is 1. The van der Waals surface area contributed by atoms with Crippen LogP contribution in [0.3, 0.4) is 0 Å². The van der Waals surface area contributed by atoms with Crippen LogP contribution in [0.25, 0.3) is 0 Å². The fourth-order valence-electron chi connectivity index (χ4n) is 3.32. The summed E-state index contributed by atoms with van der Waals surface area (Å²) in [7, 11) is 0. The predicted octanol–water partition coefficient (Wildman–Crippen LogP) is 1.38. The Balaban J connectivity index is 1.51. The standard InChI is InChI=1S/C20H20N4O3/c21-20(26)18-12-23(16-8-4-5-9-17(16)27-18)13-19(25)24-11-10-15(22-24)14-6-2-1-3-7-14/h1-9,18H,10-13H2,(H2,21,26). The number of rotatable bonds is 4. The van der Waals surface area contributed by atoms with Gasteiger partial charge in [-0.1, -0.05) is 42.5 Å². The van der Waals surface area contributed by atoms with Crippen LogP contribution in [0.1, 0.15) is 12.0 Å². The summed E-state index contributed by atoms with van der Waals surface area (Å²) < 4.78 is 5.64. The van der Waals surface area contributed by atoms with E-state index < -0.39 is 12.0 Å². The lowest BCUT2D eigenvalue weighted by molar-refractivity contribution is -0.130. The van der Waals surface area contributed by atoms with Crippen molar-refractivity contribution in [3.05, 3.63) is 60.2 Å². The number of primary amides is 1. The zero-order valence-electron chi connectivity index (χ0n) is 14.7. The Hall–Kier alpha value is -3.35. The molecular formula is C20H20N4O3. The van der Waals surface area contributed by atoms with Gasteiger partial charge in [0.15, 0.2) is 6.10 Å². The van der Waals surface area contributed by atoms with Crippen molar-refractivity contribution in [1.29, 1.82) is 0 Å². The third-order valence-electron chi connectivity index (χ3n) is 4.70. The van der Waals surface area contributed by atoms with Crippen LogP contribution in [0.4, 0.5) is 5.69 Å². The molecule has 0 radical (unpaired) electrons. The van der Waals surface area contributed by atoms with Gasteiger partial charge in [-0.3, -0.25) is 9.59 Å². The average Bonchev–Trinajstić information content (AvgIpc) is 3.19. The van der Waals surface area contributed by atoms with Crippen molar-refractivity contribution in [1.82, 2.24) is 5.01 Å². The highest BCUT2D eigenvalue weighted by Gasteiger charge is 2.32. The maximum absolute atomic E-state index is 12.8. The second kappa shape index (κ2) is 7.11. The van der Waals surface area contributed by atoms with E-state index in [1.165, 1.54) is 5.01 Å². The van der Waals surface area contributed by atoms with Gasteiger partial charge in [0.05, 0.1) is 31.0 Å². The van der Waals surface area contributed by atoms with Gasteiger partial charge in [0.25, 0.3) is 11.8 Å². The molecule has 1 atom stereocenters. The highest BCUT2D eigenvalue weighted by atomic mass is 16.5. The summed E-state index contributed by atoms with van der Waals surface area (Å²) >= 11 is 0. The molecule has 2 aromatic rings. The molecule has 4 rings (SSSR count). The van der Waals surface area contributed by atoms with Crippen molar-refractivity contribution in [3.63, 3.8) is 0 Å². The maximum atomic E-state index is 12.8. The molecule has 0 fully saturated rings. The number of carbonyl (C=O) groups is 2. The molecule has 2 amide bonds. The summed E-state index contributed by atoms with van der Waals surface area (Å²) in [6.45, 7) is 0.894. The molecule has 7 nitrogen and oxygen atoms in total. The summed E-state index contributed by atoms with van der Waals surface area (Å²) in [6.07, 6.45) is -0.0611. The van der Waals surface area contributed by atoms with Crippen molar-refractivity contribution in [2.45, 2.75) is 12.5 Å². The van der Waals surface area contributed by atoms with Crippen molar-refractivity contribution < 1.29 is 14.3 Å². The molecule has 0 aliphatic carbocycles. The van der Waals surface area contributed by atoms with Crippen molar-refractivity contribution >= 4 is 23.2 Å². The molecule has 0 aromatic heterocycles. The molecule has 7 heteroatoms. The van der Waals surface area contributed by atoms with Gasteiger partial charge in [-0.25, -0.2) is 5.01 Å². The number of nitrogens with two attached hydrogens (primary N) is 1. The molecule has 1 unspecified atom stereocenters. The molecule has 138 valence electrons. The van der Waals surface area contributed by atoms with E-state index in [4.69, 9.17) is 10.5 Å². The molecule has 2 aromatic carbocycles. The number of nitrogens with zero attached hydrogens (tertiary/aromatic N) is 3. The number of ether oxygens (including phenoxy) is 1. The van der Waals surface area contributed by atoms with Crippen LogP contribution in [0.15, 0.2) is 59.7 Å². The summed E-state index contributed by atoms with van der Waals surface area (Å²) in [6, 6.07) is 17.2. The average molecular weight is 364 g/mol. The molecule has 2 aliphatic rings. The second-order valence-electron chi connectivity index (χ2n) is 6.54. The van der Waals surface area contributed by atoms with E-state index in [9.17, 15) is 9.59 Å². The molecule has 0 saturated heterocycles. The van der Waals surface area contributed by atoms with Crippen molar-refractivity contribution in [3.8, 4) is 5.75 Å². The molecule has 2 N–H and O–H groups in total. The Morgan fingerprint density at radius 2 is 1.85 bits per heavy atom. The molecule has 0 saturated carbocycles. The normalized spacial score (nSPS) is 18.5.